The molecular formula is C8H14O. The van der Waals surface area contributed by atoms with Crippen molar-refractivity contribution >= 4 is 0 Å². The second kappa shape index (κ2) is 7.52. The van der Waals surface area contributed by atoms with Crippen LogP contribution in [0.25, 0.3) is 0 Å². The van der Waals surface area contributed by atoms with Crippen molar-refractivity contribution in [3.05, 3.63) is 0 Å². The van der Waals surface area contributed by atoms with Crippen LogP contribution < -0.4 is 0 Å². The molecule has 0 atom stereocenters. The van der Waals surface area contributed by atoms with E-state index in [0.29, 0.717) is 6.61 Å². The van der Waals surface area contributed by atoms with Gasteiger partial charge in [0.25, 0.3) is 0 Å². The number of rotatable bonds is 3. The van der Waals surface area contributed by atoms with Gasteiger partial charge in [0.2, 0.25) is 0 Å². The minimum absolute atomic E-state index is 0.594. The molecule has 1 heteroatoms. The Hall–Kier alpha value is -0.480. The molecule has 0 rings (SSSR count). The first kappa shape index (κ1) is 8.52. The first-order chi connectivity index (χ1) is 4.41. The van der Waals surface area contributed by atoms with E-state index in [1.807, 2.05) is 6.92 Å². The number of hydrogen-bond acceptors (Lipinski definition) is 1. The molecule has 0 saturated heterocycles. The van der Waals surface area contributed by atoms with Crippen LogP contribution in [0.2, 0.25) is 0 Å². The minimum atomic E-state index is 0.594. The first-order valence-electron chi connectivity index (χ1n) is 3.45. The summed E-state index contributed by atoms with van der Waals surface area (Å²) in [5.41, 5.74) is 0. The Morgan fingerprint density at radius 3 is 2.56 bits per heavy atom. The van der Waals surface area contributed by atoms with Crippen molar-refractivity contribution in [1.29, 1.82) is 0 Å². The zero-order chi connectivity index (χ0) is 6.95. The largest absolute Gasteiger partial charge is 0.369 e. The summed E-state index contributed by atoms with van der Waals surface area (Å²) in [5, 5.41) is 0. The van der Waals surface area contributed by atoms with Crippen LogP contribution >= 0.6 is 0 Å². The van der Waals surface area contributed by atoms with E-state index in [2.05, 4.69) is 18.8 Å². The van der Waals surface area contributed by atoms with E-state index in [9.17, 15) is 0 Å². The summed E-state index contributed by atoms with van der Waals surface area (Å²) in [6.45, 7) is 5.45. The van der Waals surface area contributed by atoms with Gasteiger partial charge in [-0.25, -0.2) is 0 Å². The van der Waals surface area contributed by atoms with Crippen LogP contribution in [0, 0.1) is 11.8 Å². The van der Waals surface area contributed by atoms with Gasteiger partial charge in [0.05, 0.1) is 0 Å². The lowest BCUT2D eigenvalue weighted by molar-refractivity contribution is 0.182. The van der Waals surface area contributed by atoms with Crippen molar-refractivity contribution in [1.82, 2.24) is 0 Å². The second-order valence-corrected chi connectivity index (χ2v) is 1.74. The van der Waals surface area contributed by atoms with E-state index in [1.165, 1.54) is 0 Å². The second-order valence-electron chi connectivity index (χ2n) is 1.74. The molecule has 0 unspecified atom stereocenters. The molecule has 52 valence electrons. The minimum Gasteiger partial charge on any atom is -0.369 e. The van der Waals surface area contributed by atoms with Gasteiger partial charge >= 0.3 is 0 Å². The van der Waals surface area contributed by atoms with Gasteiger partial charge in [0, 0.05) is 13.0 Å². The van der Waals surface area contributed by atoms with E-state index < -0.39 is 0 Å². The monoisotopic (exact) mass is 126 g/mol. The SMILES string of the molecule is CCCC#CCOCC. The summed E-state index contributed by atoms with van der Waals surface area (Å²) in [5.74, 6) is 5.91. The van der Waals surface area contributed by atoms with E-state index in [-0.39, 0.29) is 0 Å². The van der Waals surface area contributed by atoms with Gasteiger partial charge < -0.3 is 4.74 Å². The van der Waals surface area contributed by atoms with Gasteiger partial charge in [-0.15, -0.1) is 5.92 Å². The highest BCUT2D eigenvalue weighted by Crippen LogP contribution is 1.80. The van der Waals surface area contributed by atoms with Crippen LogP contribution in [0.15, 0.2) is 0 Å². The van der Waals surface area contributed by atoms with Crippen molar-refractivity contribution in [2.45, 2.75) is 26.7 Å². The van der Waals surface area contributed by atoms with Crippen molar-refractivity contribution in [2.24, 2.45) is 0 Å². The fraction of sp³-hybridized carbons (Fsp3) is 0.750. The Labute approximate surface area is 57.4 Å². The highest BCUT2D eigenvalue weighted by Gasteiger charge is 1.72. The smallest absolute Gasteiger partial charge is 0.107 e. The van der Waals surface area contributed by atoms with Crippen LogP contribution in [0.1, 0.15) is 26.7 Å². The number of hydrogen-bond donors (Lipinski definition) is 0. The quantitative estimate of drug-likeness (QED) is 0.414. The summed E-state index contributed by atoms with van der Waals surface area (Å²) in [6, 6.07) is 0. The van der Waals surface area contributed by atoms with E-state index in [4.69, 9.17) is 4.74 Å². The molecule has 0 bridgehead atoms. The Balaban J connectivity index is 2.96. The first-order valence-corrected chi connectivity index (χ1v) is 3.45. The molecule has 1 nitrogen and oxygen atoms in total. The molecule has 0 fully saturated rings. The van der Waals surface area contributed by atoms with Crippen LogP contribution in [-0.4, -0.2) is 13.2 Å². The summed E-state index contributed by atoms with van der Waals surface area (Å²) >= 11 is 0. The molecule has 0 aliphatic heterocycles. The lowest BCUT2D eigenvalue weighted by Gasteiger charge is -1.88. The van der Waals surface area contributed by atoms with Crippen molar-refractivity contribution in [3.63, 3.8) is 0 Å². The molecule has 0 aliphatic rings. The maximum atomic E-state index is 5.01. The Kier molecular flexibility index (Phi) is 7.12. The molecule has 0 aliphatic carbocycles. The fourth-order valence-corrected chi connectivity index (χ4v) is 0.418. The van der Waals surface area contributed by atoms with Crippen molar-refractivity contribution in [3.8, 4) is 11.8 Å². The Morgan fingerprint density at radius 1 is 1.22 bits per heavy atom. The normalized spacial score (nSPS) is 8.22. The molecule has 0 aromatic heterocycles. The molecule has 9 heavy (non-hydrogen) atoms. The molecular weight excluding hydrogens is 112 g/mol. The topological polar surface area (TPSA) is 9.23 Å². The summed E-state index contributed by atoms with van der Waals surface area (Å²) in [7, 11) is 0. The Bertz CT molecular complexity index is 96.9. The van der Waals surface area contributed by atoms with Crippen LogP contribution in [0.3, 0.4) is 0 Å². The highest BCUT2D eigenvalue weighted by atomic mass is 16.5. The Morgan fingerprint density at radius 2 is 2.00 bits per heavy atom. The van der Waals surface area contributed by atoms with E-state index in [0.717, 1.165) is 19.4 Å². The predicted octanol–water partition coefficient (Wildman–Crippen LogP) is 1.83. The standard InChI is InChI=1S/C8H14O/c1-3-5-6-7-8-9-4-2/h3-5,8H2,1-2H3. The van der Waals surface area contributed by atoms with Gasteiger partial charge in [0.15, 0.2) is 0 Å². The van der Waals surface area contributed by atoms with Gasteiger partial charge in [-0.05, 0) is 13.3 Å². The molecule has 0 N–H and O–H groups in total. The maximum Gasteiger partial charge on any atom is 0.107 e. The third-order valence-corrected chi connectivity index (χ3v) is 0.878. The molecule has 0 heterocycles. The third-order valence-electron chi connectivity index (χ3n) is 0.878. The van der Waals surface area contributed by atoms with Crippen LogP contribution in [0.5, 0.6) is 0 Å². The molecule has 0 aromatic carbocycles. The highest BCUT2D eigenvalue weighted by molar-refractivity contribution is 4.98. The van der Waals surface area contributed by atoms with Crippen LogP contribution in [0.4, 0.5) is 0 Å². The van der Waals surface area contributed by atoms with E-state index in [1.54, 1.807) is 0 Å². The van der Waals surface area contributed by atoms with E-state index >= 15 is 0 Å². The van der Waals surface area contributed by atoms with Gasteiger partial charge in [-0.1, -0.05) is 12.8 Å². The lowest BCUT2D eigenvalue weighted by Crippen LogP contribution is -1.88. The number of ether oxygens (including phenoxy) is 1. The lowest BCUT2D eigenvalue weighted by atomic mass is 10.3. The average Bonchev–Trinajstić information content (AvgIpc) is 1.89. The van der Waals surface area contributed by atoms with Crippen molar-refractivity contribution in [2.75, 3.05) is 13.2 Å². The van der Waals surface area contributed by atoms with Gasteiger partial charge in [0.1, 0.15) is 6.61 Å². The van der Waals surface area contributed by atoms with Gasteiger partial charge in [-0.3, -0.25) is 0 Å². The number of unbranched alkanes of at least 4 members (excludes halogenated alkanes) is 1. The molecule has 0 saturated carbocycles. The van der Waals surface area contributed by atoms with Crippen LogP contribution in [-0.2, 0) is 4.74 Å². The summed E-state index contributed by atoms with van der Waals surface area (Å²) in [4.78, 5) is 0. The summed E-state index contributed by atoms with van der Waals surface area (Å²) < 4.78 is 5.01. The molecule has 0 radical (unpaired) electrons. The predicted molar refractivity (Wildman–Crippen MR) is 39.2 cm³/mol. The maximum absolute atomic E-state index is 5.01. The molecule has 0 spiro atoms. The summed E-state index contributed by atoms with van der Waals surface area (Å²) in [6.07, 6.45) is 2.13. The fourth-order valence-electron chi connectivity index (χ4n) is 0.418. The third kappa shape index (κ3) is 7.52. The van der Waals surface area contributed by atoms with Gasteiger partial charge in [-0.2, -0.15) is 0 Å². The molecule has 0 aromatic rings. The zero-order valence-corrected chi connectivity index (χ0v) is 6.24. The molecule has 0 amide bonds. The zero-order valence-electron chi connectivity index (χ0n) is 6.24. The average molecular weight is 126 g/mol. The van der Waals surface area contributed by atoms with Crippen molar-refractivity contribution < 1.29 is 4.74 Å².